The SMILES string of the molecule is Cc1sccc1CN(C)C1=NC(C)N=C(N)N1. The zero-order chi connectivity index (χ0) is 12.4. The average molecular weight is 251 g/mol. The predicted octanol–water partition coefficient (Wildman–Crippen LogP) is 1.11. The van der Waals surface area contributed by atoms with Crippen LogP contribution in [0.4, 0.5) is 0 Å². The fourth-order valence-corrected chi connectivity index (χ4v) is 2.41. The molecule has 1 aliphatic rings. The van der Waals surface area contributed by atoms with Crippen LogP contribution in [0, 0.1) is 6.92 Å². The molecule has 0 aromatic carbocycles. The molecule has 6 heteroatoms. The molecule has 1 atom stereocenters. The van der Waals surface area contributed by atoms with Crippen molar-refractivity contribution in [3.05, 3.63) is 21.9 Å². The molecule has 0 amide bonds. The first kappa shape index (κ1) is 11.9. The van der Waals surface area contributed by atoms with Gasteiger partial charge in [0.25, 0.3) is 0 Å². The predicted molar refractivity (Wildman–Crippen MR) is 72.2 cm³/mol. The molecule has 0 saturated carbocycles. The van der Waals surface area contributed by atoms with E-state index in [1.807, 2.05) is 18.9 Å². The Bertz CT molecular complexity index is 462. The summed E-state index contributed by atoms with van der Waals surface area (Å²) in [6.45, 7) is 4.86. The van der Waals surface area contributed by atoms with E-state index in [4.69, 9.17) is 5.73 Å². The third-order valence-electron chi connectivity index (χ3n) is 2.61. The van der Waals surface area contributed by atoms with Gasteiger partial charge in [-0.1, -0.05) is 0 Å². The van der Waals surface area contributed by atoms with Crippen LogP contribution in [-0.4, -0.2) is 30.0 Å². The number of aliphatic imine (C=N–C) groups is 2. The second kappa shape index (κ2) is 4.75. The molecule has 17 heavy (non-hydrogen) atoms. The third-order valence-corrected chi connectivity index (χ3v) is 3.50. The van der Waals surface area contributed by atoms with Gasteiger partial charge < -0.3 is 10.6 Å². The van der Waals surface area contributed by atoms with E-state index in [9.17, 15) is 0 Å². The van der Waals surface area contributed by atoms with E-state index in [2.05, 4.69) is 33.7 Å². The standard InChI is InChI=1S/C11H17N5S/c1-7-9(4-5-17-7)6-16(3)11-14-8(2)13-10(12)15-11/h4-5,8H,6H2,1-3H3,(H3,12,13,14,15). The molecule has 0 aliphatic carbocycles. The quantitative estimate of drug-likeness (QED) is 0.827. The van der Waals surface area contributed by atoms with Crippen LogP contribution in [0.5, 0.6) is 0 Å². The first-order valence-electron chi connectivity index (χ1n) is 5.48. The first-order chi connectivity index (χ1) is 8.06. The highest BCUT2D eigenvalue weighted by Crippen LogP contribution is 2.16. The van der Waals surface area contributed by atoms with E-state index in [1.54, 1.807) is 11.3 Å². The van der Waals surface area contributed by atoms with Crippen LogP contribution in [0.15, 0.2) is 21.4 Å². The van der Waals surface area contributed by atoms with Gasteiger partial charge in [-0.3, -0.25) is 5.32 Å². The normalized spacial score (nSPS) is 19.4. The average Bonchev–Trinajstić information content (AvgIpc) is 2.63. The summed E-state index contributed by atoms with van der Waals surface area (Å²) in [5.74, 6) is 1.20. The number of aryl methyl sites for hydroxylation is 1. The molecule has 1 unspecified atom stereocenters. The van der Waals surface area contributed by atoms with Crippen molar-refractivity contribution >= 4 is 23.3 Å². The molecule has 2 rings (SSSR count). The van der Waals surface area contributed by atoms with Crippen LogP contribution in [0.3, 0.4) is 0 Å². The Morgan fingerprint density at radius 1 is 1.53 bits per heavy atom. The van der Waals surface area contributed by atoms with Gasteiger partial charge >= 0.3 is 0 Å². The van der Waals surface area contributed by atoms with Crippen LogP contribution in [0.1, 0.15) is 17.4 Å². The van der Waals surface area contributed by atoms with E-state index in [0.29, 0.717) is 5.96 Å². The van der Waals surface area contributed by atoms with Gasteiger partial charge in [-0.05, 0) is 30.9 Å². The van der Waals surface area contributed by atoms with Gasteiger partial charge in [0.1, 0.15) is 6.17 Å². The summed E-state index contributed by atoms with van der Waals surface area (Å²) in [6.07, 6.45) is -0.114. The van der Waals surface area contributed by atoms with Crippen molar-refractivity contribution in [3.63, 3.8) is 0 Å². The van der Waals surface area contributed by atoms with Crippen molar-refractivity contribution < 1.29 is 0 Å². The van der Waals surface area contributed by atoms with Gasteiger partial charge in [-0.15, -0.1) is 11.3 Å². The van der Waals surface area contributed by atoms with Gasteiger partial charge in [0.15, 0.2) is 5.96 Å². The molecule has 92 valence electrons. The van der Waals surface area contributed by atoms with Crippen LogP contribution in [-0.2, 0) is 6.54 Å². The van der Waals surface area contributed by atoms with Crippen molar-refractivity contribution in [1.82, 2.24) is 10.2 Å². The number of nitrogens with one attached hydrogen (secondary N) is 1. The number of guanidine groups is 2. The van der Waals surface area contributed by atoms with Crippen LogP contribution in [0.25, 0.3) is 0 Å². The lowest BCUT2D eigenvalue weighted by atomic mass is 10.2. The lowest BCUT2D eigenvalue weighted by molar-refractivity contribution is 0.478. The molecule has 1 aromatic heterocycles. The maximum absolute atomic E-state index is 5.69. The van der Waals surface area contributed by atoms with E-state index in [0.717, 1.165) is 12.5 Å². The van der Waals surface area contributed by atoms with Gasteiger partial charge in [-0.2, -0.15) is 0 Å². The molecule has 0 spiro atoms. The van der Waals surface area contributed by atoms with Crippen LogP contribution in [0.2, 0.25) is 0 Å². The lowest BCUT2D eigenvalue weighted by Gasteiger charge is -2.25. The molecule has 0 fully saturated rings. The Morgan fingerprint density at radius 3 is 2.88 bits per heavy atom. The minimum Gasteiger partial charge on any atom is -0.370 e. The molecule has 1 aromatic rings. The minimum absolute atomic E-state index is 0.114. The highest BCUT2D eigenvalue weighted by atomic mass is 32.1. The monoisotopic (exact) mass is 251 g/mol. The molecule has 5 nitrogen and oxygen atoms in total. The Labute approximate surface area is 105 Å². The molecule has 3 N–H and O–H groups in total. The molecule has 1 aliphatic heterocycles. The minimum atomic E-state index is -0.114. The van der Waals surface area contributed by atoms with Crippen LogP contribution >= 0.6 is 11.3 Å². The van der Waals surface area contributed by atoms with Crippen molar-refractivity contribution in [2.75, 3.05) is 7.05 Å². The van der Waals surface area contributed by atoms with Crippen molar-refractivity contribution in [3.8, 4) is 0 Å². The molecular weight excluding hydrogens is 234 g/mol. The summed E-state index contributed by atoms with van der Waals surface area (Å²) >= 11 is 1.76. The molecular formula is C11H17N5S. The summed E-state index contributed by atoms with van der Waals surface area (Å²) < 4.78 is 0. The molecule has 0 bridgehead atoms. The summed E-state index contributed by atoms with van der Waals surface area (Å²) in [5, 5.41) is 5.09. The molecule has 0 saturated heterocycles. The molecule has 2 heterocycles. The fourth-order valence-electron chi connectivity index (χ4n) is 1.69. The summed E-state index contributed by atoms with van der Waals surface area (Å²) in [5.41, 5.74) is 7.01. The number of nitrogens with two attached hydrogens (primary N) is 1. The largest absolute Gasteiger partial charge is 0.370 e. The Morgan fingerprint density at radius 2 is 2.29 bits per heavy atom. The zero-order valence-corrected chi connectivity index (χ0v) is 11.1. The maximum atomic E-state index is 5.69. The topological polar surface area (TPSA) is 66.0 Å². The number of hydrogen-bond donors (Lipinski definition) is 2. The van der Waals surface area contributed by atoms with Gasteiger partial charge in [0.2, 0.25) is 5.96 Å². The summed E-state index contributed by atoms with van der Waals surface area (Å²) in [7, 11) is 1.99. The smallest absolute Gasteiger partial charge is 0.202 e. The van der Waals surface area contributed by atoms with Gasteiger partial charge in [0.05, 0.1) is 0 Å². The molecule has 0 radical (unpaired) electrons. The number of nitrogens with zero attached hydrogens (tertiary/aromatic N) is 3. The van der Waals surface area contributed by atoms with Crippen molar-refractivity contribution in [2.24, 2.45) is 15.7 Å². The zero-order valence-electron chi connectivity index (χ0n) is 10.3. The third kappa shape index (κ3) is 2.76. The summed E-state index contributed by atoms with van der Waals surface area (Å²) in [4.78, 5) is 11.9. The second-order valence-corrected chi connectivity index (χ2v) is 5.20. The highest BCUT2D eigenvalue weighted by Gasteiger charge is 2.15. The number of rotatable bonds is 2. The van der Waals surface area contributed by atoms with Crippen molar-refractivity contribution in [1.29, 1.82) is 0 Å². The van der Waals surface area contributed by atoms with Gasteiger partial charge in [-0.25, -0.2) is 9.98 Å². The Kier molecular flexibility index (Phi) is 3.33. The van der Waals surface area contributed by atoms with Crippen molar-refractivity contribution in [2.45, 2.75) is 26.6 Å². The number of thiophene rings is 1. The fraction of sp³-hybridized carbons (Fsp3) is 0.455. The van der Waals surface area contributed by atoms with E-state index < -0.39 is 0 Å². The van der Waals surface area contributed by atoms with E-state index in [-0.39, 0.29) is 6.17 Å². The lowest BCUT2D eigenvalue weighted by Crippen LogP contribution is -2.48. The summed E-state index contributed by atoms with van der Waals surface area (Å²) in [6, 6.07) is 2.14. The first-order valence-corrected chi connectivity index (χ1v) is 6.36. The van der Waals surface area contributed by atoms with Crippen LogP contribution < -0.4 is 11.1 Å². The second-order valence-electron chi connectivity index (χ2n) is 4.08. The Balaban J connectivity index is 2.06. The van der Waals surface area contributed by atoms with E-state index in [1.165, 1.54) is 10.4 Å². The van der Waals surface area contributed by atoms with E-state index >= 15 is 0 Å². The number of hydrogen-bond acceptors (Lipinski definition) is 6. The van der Waals surface area contributed by atoms with Gasteiger partial charge in [0, 0.05) is 18.5 Å². The Hall–Kier alpha value is -1.56. The highest BCUT2D eigenvalue weighted by molar-refractivity contribution is 7.10. The maximum Gasteiger partial charge on any atom is 0.202 e.